The predicted octanol–water partition coefficient (Wildman–Crippen LogP) is 6.32. The molecule has 0 bridgehead atoms. The zero-order chi connectivity index (χ0) is 17.7. The van der Waals surface area contributed by atoms with Crippen LogP contribution in [0.5, 0.6) is 0 Å². The Kier molecular flexibility index (Phi) is 6.89. The average molecular weight is 330 g/mol. The molecular weight excluding hydrogens is 294 g/mol. The van der Waals surface area contributed by atoms with E-state index < -0.39 is 0 Å². The Hall–Kier alpha value is -1.31. The van der Waals surface area contributed by atoms with Crippen molar-refractivity contribution >= 4 is 6.29 Å². The molecule has 0 amide bonds. The number of carbonyl (C=O) groups is 1. The van der Waals surface area contributed by atoms with Crippen LogP contribution < -0.4 is 0 Å². The quantitative estimate of drug-likeness (QED) is 0.404. The molecule has 1 aromatic rings. The number of fused-ring (bicyclic) bond motifs is 1. The highest BCUT2D eigenvalue weighted by molar-refractivity contribution is 5.52. The molecule has 1 aromatic heterocycles. The highest BCUT2D eigenvalue weighted by Gasteiger charge is 2.29. The van der Waals surface area contributed by atoms with E-state index >= 15 is 0 Å². The lowest BCUT2D eigenvalue weighted by Crippen LogP contribution is -2.21. The predicted molar refractivity (Wildman–Crippen MR) is 103 cm³/mol. The second kappa shape index (κ2) is 8.69. The Morgan fingerprint density at radius 3 is 2.75 bits per heavy atom. The van der Waals surface area contributed by atoms with E-state index in [4.69, 9.17) is 0 Å². The van der Waals surface area contributed by atoms with Gasteiger partial charge in [-0.1, -0.05) is 38.8 Å². The van der Waals surface area contributed by atoms with Crippen molar-refractivity contribution < 1.29 is 4.79 Å². The molecular formula is C22H35NO. The Morgan fingerprint density at radius 1 is 1.42 bits per heavy atom. The summed E-state index contributed by atoms with van der Waals surface area (Å²) in [5.41, 5.74) is 5.93. The lowest BCUT2D eigenvalue weighted by molar-refractivity contribution is -0.108. The zero-order valence-corrected chi connectivity index (χ0v) is 16.3. The molecule has 134 valence electrons. The van der Waals surface area contributed by atoms with Crippen LogP contribution in [-0.2, 0) is 11.2 Å². The van der Waals surface area contributed by atoms with Crippen molar-refractivity contribution in [2.75, 3.05) is 0 Å². The van der Waals surface area contributed by atoms with Gasteiger partial charge in [0.1, 0.15) is 6.29 Å². The Balaban J connectivity index is 2.55. The van der Waals surface area contributed by atoms with Crippen molar-refractivity contribution in [3.8, 4) is 0 Å². The summed E-state index contributed by atoms with van der Waals surface area (Å²) >= 11 is 0. The van der Waals surface area contributed by atoms with Crippen molar-refractivity contribution in [1.29, 1.82) is 0 Å². The number of aryl methyl sites for hydroxylation is 1. The third-order valence-electron chi connectivity index (χ3n) is 5.58. The second-order valence-corrected chi connectivity index (χ2v) is 7.78. The van der Waals surface area contributed by atoms with Gasteiger partial charge in [0.05, 0.1) is 0 Å². The Bertz CT molecular complexity index is 579. The monoisotopic (exact) mass is 329 g/mol. The van der Waals surface area contributed by atoms with Crippen LogP contribution in [0.3, 0.4) is 0 Å². The van der Waals surface area contributed by atoms with Crippen molar-refractivity contribution in [2.24, 2.45) is 0 Å². The molecule has 2 heteroatoms. The van der Waals surface area contributed by atoms with E-state index in [9.17, 15) is 4.79 Å². The van der Waals surface area contributed by atoms with E-state index in [1.54, 1.807) is 0 Å². The molecule has 24 heavy (non-hydrogen) atoms. The first-order valence-corrected chi connectivity index (χ1v) is 9.82. The third-order valence-corrected chi connectivity index (χ3v) is 5.58. The highest BCUT2D eigenvalue weighted by Crippen LogP contribution is 2.41. The van der Waals surface area contributed by atoms with E-state index in [0.717, 1.165) is 19.1 Å². The van der Waals surface area contributed by atoms with Crippen LogP contribution in [0.4, 0.5) is 0 Å². The number of rotatable bonds is 8. The maximum atomic E-state index is 11.2. The standard InChI is InChI=1S/C22H35NO/c1-6-9-20(14-17(5)7-2)23-21(16(3)4)15-19-11-8-10-18(12-13-24)22(19)23/h7,13,15-16,18,20H,6,8-12,14H2,1-5H3/b17-7+. The van der Waals surface area contributed by atoms with Crippen LogP contribution >= 0.6 is 0 Å². The van der Waals surface area contributed by atoms with Crippen LogP contribution in [0.1, 0.15) is 108 Å². The van der Waals surface area contributed by atoms with Crippen molar-refractivity contribution in [3.63, 3.8) is 0 Å². The van der Waals surface area contributed by atoms with Gasteiger partial charge in [-0.05, 0) is 63.5 Å². The summed E-state index contributed by atoms with van der Waals surface area (Å²) in [5.74, 6) is 0.946. The smallest absolute Gasteiger partial charge is 0.120 e. The van der Waals surface area contributed by atoms with Gasteiger partial charge in [0.15, 0.2) is 0 Å². The molecule has 2 nitrogen and oxygen atoms in total. The molecule has 0 radical (unpaired) electrons. The minimum absolute atomic E-state index is 0.420. The first-order chi connectivity index (χ1) is 11.5. The first kappa shape index (κ1) is 19.0. The van der Waals surface area contributed by atoms with Crippen LogP contribution in [0.25, 0.3) is 0 Å². The molecule has 0 fully saturated rings. The van der Waals surface area contributed by atoms with Crippen molar-refractivity contribution in [1.82, 2.24) is 4.57 Å². The van der Waals surface area contributed by atoms with Crippen molar-refractivity contribution in [2.45, 2.75) is 97.4 Å². The number of nitrogens with zero attached hydrogens (tertiary/aromatic N) is 1. The highest BCUT2D eigenvalue weighted by atomic mass is 16.1. The summed E-state index contributed by atoms with van der Waals surface area (Å²) in [6.07, 6.45) is 11.1. The maximum Gasteiger partial charge on any atom is 0.120 e. The van der Waals surface area contributed by atoms with Crippen LogP contribution in [0.15, 0.2) is 17.7 Å². The number of hydrogen-bond acceptors (Lipinski definition) is 1. The van der Waals surface area contributed by atoms with E-state index in [1.807, 2.05) is 0 Å². The summed E-state index contributed by atoms with van der Waals surface area (Å²) in [4.78, 5) is 11.2. The summed E-state index contributed by atoms with van der Waals surface area (Å²) in [7, 11) is 0. The fourth-order valence-electron chi connectivity index (χ4n) is 4.29. The molecule has 0 aromatic carbocycles. The molecule has 1 aliphatic carbocycles. The molecule has 0 aliphatic heterocycles. The van der Waals surface area contributed by atoms with Gasteiger partial charge in [0.25, 0.3) is 0 Å². The maximum absolute atomic E-state index is 11.2. The number of hydrogen-bond donors (Lipinski definition) is 0. The van der Waals surface area contributed by atoms with E-state index in [0.29, 0.717) is 24.3 Å². The average Bonchev–Trinajstić information content (AvgIpc) is 2.95. The molecule has 1 heterocycles. The van der Waals surface area contributed by atoms with E-state index in [2.05, 4.69) is 51.3 Å². The van der Waals surface area contributed by atoms with Gasteiger partial charge in [0.2, 0.25) is 0 Å². The molecule has 0 saturated heterocycles. The van der Waals surface area contributed by atoms with E-state index in [-0.39, 0.29) is 0 Å². The third kappa shape index (κ3) is 4.02. The fraction of sp³-hybridized carbons (Fsp3) is 0.682. The normalized spacial score (nSPS) is 19.4. The largest absolute Gasteiger partial charge is 0.344 e. The number of aldehydes is 1. The SMILES string of the molecule is C/C=C(\C)CC(CCC)n1c(C(C)C)cc2c1C(CC=O)CCC2. The molecule has 0 saturated carbocycles. The fourth-order valence-corrected chi connectivity index (χ4v) is 4.29. The van der Waals surface area contributed by atoms with Crippen molar-refractivity contribution in [3.05, 3.63) is 34.7 Å². The molecule has 0 spiro atoms. The minimum atomic E-state index is 0.420. The topological polar surface area (TPSA) is 22.0 Å². The molecule has 2 atom stereocenters. The molecule has 1 aliphatic rings. The van der Waals surface area contributed by atoms with Crippen LogP contribution in [0.2, 0.25) is 0 Å². The second-order valence-electron chi connectivity index (χ2n) is 7.78. The number of carbonyl (C=O) groups excluding carboxylic acids is 1. The number of aromatic nitrogens is 1. The lowest BCUT2D eigenvalue weighted by Gasteiger charge is -2.31. The summed E-state index contributed by atoms with van der Waals surface area (Å²) in [6, 6.07) is 2.98. The van der Waals surface area contributed by atoms with E-state index in [1.165, 1.54) is 48.2 Å². The van der Waals surface area contributed by atoms with Gasteiger partial charge in [-0.25, -0.2) is 0 Å². The molecule has 2 unspecified atom stereocenters. The van der Waals surface area contributed by atoms with Crippen LogP contribution in [0, 0.1) is 0 Å². The molecule has 0 N–H and O–H groups in total. The number of allylic oxidation sites excluding steroid dienone is 2. The molecule has 2 rings (SSSR count). The Morgan fingerprint density at radius 2 is 2.17 bits per heavy atom. The van der Waals surface area contributed by atoms with Gasteiger partial charge < -0.3 is 9.36 Å². The summed E-state index contributed by atoms with van der Waals surface area (Å²) in [6.45, 7) is 11.3. The first-order valence-electron chi connectivity index (χ1n) is 9.82. The van der Waals surface area contributed by atoms with Gasteiger partial charge in [-0.15, -0.1) is 0 Å². The van der Waals surface area contributed by atoms with Gasteiger partial charge in [-0.3, -0.25) is 0 Å². The minimum Gasteiger partial charge on any atom is -0.344 e. The van der Waals surface area contributed by atoms with Gasteiger partial charge in [0, 0.05) is 29.8 Å². The van der Waals surface area contributed by atoms with Crippen LogP contribution in [-0.4, -0.2) is 10.9 Å². The van der Waals surface area contributed by atoms with Gasteiger partial charge in [-0.2, -0.15) is 0 Å². The summed E-state index contributed by atoms with van der Waals surface area (Å²) in [5, 5.41) is 0. The lowest BCUT2D eigenvalue weighted by atomic mass is 9.85. The van der Waals surface area contributed by atoms with Gasteiger partial charge >= 0.3 is 0 Å². The summed E-state index contributed by atoms with van der Waals surface area (Å²) < 4.78 is 2.66. The Labute approximate surface area is 148 Å². The zero-order valence-electron chi connectivity index (χ0n) is 16.3.